The fourth-order valence-electron chi connectivity index (χ4n) is 1.71. The smallest absolute Gasteiger partial charge is 0.162 e. The van der Waals surface area contributed by atoms with E-state index >= 15 is 0 Å². The number of rotatable bonds is 2. The maximum absolute atomic E-state index is 13.4. The SMILES string of the molecule is CC(C1=NCCN1)c1cccc(F)c1F. The second-order valence-corrected chi connectivity index (χ2v) is 3.56. The summed E-state index contributed by atoms with van der Waals surface area (Å²) >= 11 is 0. The van der Waals surface area contributed by atoms with Crippen LogP contribution in [0.1, 0.15) is 18.4 Å². The fraction of sp³-hybridized carbons (Fsp3) is 0.364. The molecule has 0 fully saturated rings. The van der Waals surface area contributed by atoms with Gasteiger partial charge in [-0.2, -0.15) is 0 Å². The summed E-state index contributed by atoms with van der Waals surface area (Å²) < 4.78 is 26.4. The monoisotopic (exact) mass is 210 g/mol. The molecule has 2 rings (SSSR count). The Morgan fingerprint density at radius 2 is 2.20 bits per heavy atom. The van der Waals surface area contributed by atoms with Crippen LogP contribution in [0.2, 0.25) is 0 Å². The number of nitrogens with one attached hydrogen (secondary N) is 1. The van der Waals surface area contributed by atoms with Crippen LogP contribution in [0.25, 0.3) is 0 Å². The van der Waals surface area contributed by atoms with Crippen molar-refractivity contribution in [1.29, 1.82) is 0 Å². The van der Waals surface area contributed by atoms with Gasteiger partial charge in [0.2, 0.25) is 0 Å². The largest absolute Gasteiger partial charge is 0.371 e. The molecule has 0 radical (unpaired) electrons. The van der Waals surface area contributed by atoms with Crippen molar-refractivity contribution in [2.45, 2.75) is 12.8 Å². The zero-order valence-electron chi connectivity index (χ0n) is 8.43. The topological polar surface area (TPSA) is 24.4 Å². The fourth-order valence-corrected chi connectivity index (χ4v) is 1.71. The quantitative estimate of drug-likeness (QED) is 0.794. The summed E-state index contributed by atoms with van der Waals surface area (Å²) in [6.07, 6.45) is 0. The summed E-state index contributed by atoms with van der Waals surface area (Å²) in [5.74, 6) is -1.07. The van der Waals surface area contributed by atoms with Crippen molar-refractivity contribution < 1.29 is 8.78 Å². The van der Waals surface area contributed by atoms with Crippen molar-refractivity contribution in [2.24, 2.45) is 4.99 Å². The van der Waals surface area contributed by atoms with Crippen molar-refractivity contribution in [1.82, 2.24) is 5.32 Å². The van der Waals surface area contributed by atoms with Gasteiger partial charge in [0.05, 0.1) is 6.54 Å². The first-order valence-electron chi connectivity index (χ1n) is 4.92. The van der Waals surface area contributed by atoms with Gasteiger partial charge in [-0.3, -0.25) is 4.99 Å². The van der Waals surface area contributed by atoms with Crippen LogP contribution >= 0.6 is 0 Å². The normalized spacial score (nSPS) is 17.1. The Kier molecular flexibility index (Phi) is 2.66. The number of benzene rings is 1. The van der Waals surface area contributed by atoms with E-state index in [4.69, 9.17) is 0 Å². The summed E-state index contributed by atoms with van der Waals surface area (Å²) in [5.41, 5.74) is 0.350. The highest BCUT2D eigenvalue weighted by atomic mass is 19.2. The van der Waals surface area contributed by atoms with Crippen LogP contribution < -0.4 is 5.32 Å². The first kappa shape index (κ1) is 10.1. The van der Waals surface area contributed by atoms with E-state index in [2.05, 4.69) is 10.3 Å². The van der Waals surface area contributed by atoms with E-state index in [1.807, 2.05) is 6.92 Å². The van der Waals surface area contributed by atoms with Gasteiger partial charge in [0, 0.05) is 18.0 Å². The molecule has 0 amide bonds. The molecule has 1 atom stereocenters. The second kappa shape index (κ2) is 3.96. The Morgan fingerprint density at radius 3 is 2.87 bits per heavy atom. The minimum Gasteiger partial charge on any atom is -0.371 e. The predicted octanol–water partition coefficient (Wildman–Crippen LogP) is 2.07. The minimum atomic E-state index is -0.807. The number of hydrogen-bond donors (Lipinski definition) is 1. The highest BCUT2D eigenvalue weighted by molar-refractivity contribution is 5.89. The van der Waals surface area contributed by atoms with Crippen molar-refractivity contribution >= 4 is 5.84 Å². The maximum Gasteiger partial charge on any atom is 0.162 e. The van der Waals surface area contributed by atoms with Gasteiger partial charge in [-0.15, -0.1) is 0 Å². The van der Waals surface area contributed by atoms with Crippen LogP contribution in [0.3, 0.4) is 0 Å². The Balaban J connectivity index is 2.32. The Labute approximate surface area is 87.0 Å². The molecule has 0 saturated heterocycles. The Bertz CT molecular complexity index is 402. The minimum absolute atomic E-state index is 0.219. The first-order chi connectivity index (χ1) is 7.20. The van der Waals surface area contributed by atoms with Gasteiger partial charge < -0.3 is 5.32 Å². The molecular weight excluding hydrogens is 198 g/mol. The van der Waals surface area contributed by atoms with E-state index in [1.54, 1.807) is 6.07 Å². The van der Waals surface area contributed by atoms with Crippen molar-refractivity contribution in [2.75, 3.05) is 13.1 Å². The molecule has 80 valence electrons. The van der Waals surface area contributed by atoms with Gasteiger partial charge >= 0.3 is 0 Å². The molecule has 4 heteroatoms. The molecule has 15 heavy (non-hydrogen) atoms. The lowest BCUT2D eigenvalue weighted by Gasteiger charge is -2.13. The lowest BCUT2D eigenvalue weighted by Crippen LogP contribution is -2.24. The average Bonchev–Trinajstić information content (AvgIpc) is 2.74. The molecule has 1 aromatic carbocycles. The average molecular weight is 210 g/mol. The van der Waals surface area contributed by atoms with Crippen LogP contribution in [0.5, 0.6) is 0 Å². The zero-order valence-corrected chi connectivity index (χ0v) is 8.43. The van der Waals surface area contributed by atoms with Gasteiger partial charge in [0.1, 0.15) is 5.84 Å². The summed E-state index contributed by atoms with van der Waals surface area (Å²) in [6.45, 7) is 3.29. The van der Waals surface area contributed by atoms with Crippen molar-refractivity contribution in [3.05, 3.63) is 35.4 Å². The van der Waals surface area contributed by atoms with E-state index in [-0.39, 0.29) is 5.92 Å². The van der Waals surface area contributed by atoms with Crippen LogP contribution in [0.4, 0.5) is 8.78 Å². The molecule has 0 aromatic heterocycles. The highest BCUT2D eigenvalue weighted by Gasteiger charge is 2.20. The van der Waals surface area contributed by atoms with Gasteiger partial charge in [0.25, 0.3) is 0 Å². The summed E-state index contributed by atoms with van der Waals surface area (Å²) in [4.78, 5) is 4.20. The molecule has 0 saturated carbocycles. The Hall–Kier alpha value is -1.45. The number of nitrogens with zero attached hydrogens (tertiary/aromatic N) is 1. The molecule has 1 unspecified atom stereocenters. The van der Waals surface area contributed by atoms with E-state index in [0.717, 1.165) is 18.4 Å². The molecule has 2 nitrogen and oxygen atoms in total. The number of hydrogen-bond acceptors (Lipinski definition) is 2. The van der Waals surface area contributed by atoms with Crippen LogP contribution in [-0.4, -0.2) is 18.9 Å². The highest BCUT2D eigenvalue weighted by Crippen LogP contribution is 2.22. The zero-order chi connectivity index (χ0) is 10.8. The second-order valence-electron chi connectivity index (χ2n) is 3.56. The third kappa shape index (κ3) is 1.84. The molecule has 1 aliphatic heterocycles. The lowest BCUT2D eigenvalue weighted by atomic mass is 9.99. The van der Waals surface area contributed by atoms with Crippen molar-refractivity contribution in [3.63, 3.8) is 0 Å². The number of aliphatic imine (C=N–C) groups is 1. The first-order valence-corrected chi connectivity index (χ1v) is 4.92. The van der Waals surface area contributed by atoms with Crippen LogP contribution in [0.15, 0.2) is 23.2 Å². The number of halogens is 2. The summed E-state index contributed by atoms with van der Waals surface area (Å²) in [6, 6.07) is 4.22. The lowest BCUT2D eigenvalue weighted by molar-refractivity contribution is 0.497. The molecule has 1 aliphatic rings. The summed E-state index contributed by atoms with van der Waals surface area (Å²) in [7, 11) is 0. The molecule has 0 bridgehead atoms. The molecule has 0 aliphatic carbocycles. The molecule has 1 heterocycles. The van der Waals surface area contributed by atoms with Crippen LogP contribution in [0, 0.1) is 11.6 Å². The third-order valence-corrected chi connectivity index (χ3v) is 2.56. The van der Waals surface area contributed by atoms with E-state index in [1.165, 1.54) is 6.07 Å². The Morgan fingerprint density at radius 1 is 1.40 bits per heavy atom. The van der Waals surface area contributed by atoms with Crippen molar-refractivity contribution in [3.8, 4) is 0 Å². The maximum atomic E-state index is 13.4. The van der Waals surface area contributed by atoms with E-state index < -0.39 is 11.6 Å². The van der Waals surface area contributed by atoms with Gasteiger partial charge in [-0.25, -0.2) is 8.78 Å². The molecular formula is C11H12F2N2. The molecule has 1 N–H and O–H groups in total. The van der Waals surface area contributed by atoms with E-state index in [0.29, 0.717) is 12.1 Å². The van der Waals surface area contributed by atoms with Gasteiger partial charge in [-0.05, 0) is 6.07 Å². The van der Waals surface area contributed by atoms with Gasteiger partial charge in [0.15, 0.2) is 11.6 Å². The standard InChI is InChI=1S/C11H12F2N2/c1-7(11-14-5-6-15-11)8-3-2-4-9(12)10(8)13/h2-4,7H,5-6H2,1H3,(H,14,15). The third-order valence-electron chi connectivity index (χ3n) is 2.56. The molecule has 0 spiro atoms. The van der Waals surface area contributed by atoms with Crippen LogP contribution in [-0.2, 0) is 0 Å². The summed E-state index contributed by atoms with van der Waals surface area (Å²) in [5, 5.41) is 3.06. The molecule has 1 aromatic rings. The predicted molar refractivity (Wildman–Crippen MR) is 55.1 cm³/mol. The van der Waals surface area contributed by atoms with Gasteiger partial charge in [-0.1, -0.05) is 19.1 Å². The van der Waals surface area contributed by atoms with E-state index in [9.17, 15) is 8.78 Å². The number of amidine groups is 1.